The van der Waals surface area contributed by atoms with Gasteiger partial charge in [-0.2, -0.15) is 0 Å². The van der Waals surface area contributed by atoms with Gasteiger partial charge in [-0.3, -0.25) is 4.57 Å². The SMILES string of the molecule is CC/C=c1/[nH]c(SCP(C)(=O)O)n/c1=C/CC#Cc1ccccc1. The van der Waals surface area contributed by atoms with Crippen molar-refractivity contribution in [2.24, 2.45) is 0 Å². The van der Waals surface area contributed by atoms with Gasteiger partial charge in [0, 0.05) is 18.6 Å². The summed E-state index contributed by atoms with van der Waals surface area (Å²) in [6.07, 6.45) is 5.51. The highest BCUT2D eigenvalue weighted by atomic mass is 32.2. The highest BCUT2D eigenvalue weighted by molar-refractivity contribution is 8.04. The van der Waals surface area contributed by atoms with Crippen molar-refractivity contribution in [2.75, 3.05) is 12.2 Å². The lowest BCUT2D eigenvalue weighted by molar-refractivity contribution is 0.490. The van der Waals surface area contributed by atoms with E-state index < -0.39 is 7.37 Å². The van der Waals surface area contributed by atoms with Crippen LogP contribution in [-0.4, -0.2) is 27.0 Å². The largest absolute Gasteiger partial charge is 0.344 e. The van der Waals surface area contributed by atoms with Crippen molar-refractivity contribution in [1.82, 2.24) is 9.97 Å². The Kier molecular flexibility index (Phi) is 6.93. The smallest absolute Gasteiger partial charge is 0.207 e. The van der Waals surface area contributed by atoms with Crippen LogP contribution in [0.4, 0.5) is 0 Å². The molecule has 1 aromatic heterocycles. The topological polar surface area (TPSA) is 66.0 Å². The molecule has 0 radical (unpaired) electrons. The Morgan fingerprint density at radius 3 is 2.75 bits per heavy atom. The standard InChI is InChI=1S/C18H21N2O2PS/c1-3-9-16-17(20-18(19-16)24-14-23(2,21)22)13-8-7-12-15-10-5-4-6-11-15/h4-6,9-11,13H,3,8,14H2,1-2H3,(H,19,20)(H,21,22)/b16-9+,17-13+. The first kappa shape index (κ1) is 18.6. The molecule has 126 valence electrons. The molecule has 1 unspecified atom stereocenters. The monoisotopic (exact) mass is 360 g/mol. The summed E-state index contributed by atoms with van der Waals surface area (Å²) in [6, 6.07) is 9.85. The lowest BCUT2D eigenvalue weighted by Gasteiger charge is -2.01. The van der Waals surface area contributed by atoms with Gasteiger partial charge in [0.15, 0.2) is 5.16 Å². The number of imidazole rings is 1. The molecule has 0 spiro atoms. The summed E-state index contributed by atoms with van der Waals surface area (Å²) in [4.78, 5) is 17.1. The molecule has 0 aliphatic heterocycles. The zero-order valence-corrected chi connectivity index (χ0v) is 15.5. The highest BCUT2D eigenvalue weighted by Gasteiger charge is 2.11. The van der Waals surface area contributed by atoms with Crippen molar-refractivity contribution in [3.05, 3.63) is 46.6 Å². The molecular weight excluding hydrogens is 339 g/mol. The molecule has 0 amide bonds. The minimum absolute atomic E-state index is 0.152. The molecule has 1 atom stereocenters. The second-order valence-electron chi connectivity index (χ2n) is 5.35. The predicted octanol–water partition coefficient (Wildman–Crippen LogP) is 2.77. The molecule has 0 fully saturated rings. The number of rotatable bonds is 5. The third-order valence-corrected chi connectivity index (χ3v) is 5.89. The molecule has 2 N–H and O–H groups in total. The summed E-state index contributed by atoms with van der Waals surface area (Å²) in [6.45, 7) is 3.41. The third-order valence-electron chi connectivity index (χ3n) is 2.99. The summed E-state index contributed by atoms with van der Waals surface area (Å²) in [5.74, 6) is 6.23. The number of nitrogens with zero attached hydrogens (tertiary/aromatic N) is 1. The van der Waals surface area contributed by atoms with Gasteiger partial charge in [0.25, 0.3) is 0 Å². The van der Waals surface area contributed by atoms with Crippen molar-refractivity contribution < 1.29 is 9.46 Å². The van der Waals surface area contributed by atoms with E-state index in [0.29, 0.717) is 11.6 Å². The van der Waals surface area contributed by atoms with Gasteiger partial charge in [-0.15, -0.1) is 0 Å². The van der Waals surface area contributed by atoms with Crippen molar-refractivity contribution >= 4 is 31.3 Å². The number of H-pyrrole nitrogens is 1. The minimum atomic E-state index is -3.05. The van der Waals surface area contributed by atoms with Gasteiger partial charge in [-0.05, 0) is 24.6 Å². The average Bonchev–Trinajstić information content (AvgIpc) is 2.93. The molecule has 0 bridgehead atoms. The molecule has 1 heterocycles. The molecule has 24 heavy (non-hydrogen) atoms. The Bertz CT molecular complexity index is 889. The highest BCUT2D eigenvalue weighted by Crippen LogP contribution is 2.40. The van der Waals surface area contributed by atoms with Crippen LogP contribution >= 0.6 is 19.1 Å². The van der Waals surface area contributed by atoms with Crippen LogP contribution in [0.3, 0.4) is 0 Å². The summed E-state index contributed by atoms with van der Waals surface area (Å²) in [5.41, 5.74) is 1.14. The number of benzene rings is 1. The fourth-order valence-corrected chi connectivity index (χ4v) is 3.76. The molecule has 2 aromatic rings. The van der Waals surface area contributed by atoms with Gasteiger partial charge in [-0.25, -0.2) is 4.98 Å². The summed E-state index contributed by atoms with van der Waals surface area (Å²) in [5, 5.41) is 2.43. The Labute approximate surface area is 146 Å². The minimum Gasteiger partial charge on any atom is -0.344 e. The van der Waals surface area contributed by atoms with Gasteiger partial charge in [0.05, 0.1) is 16.2 Å². The molecule has 0 saturated carbocycles. The Hall–Kier alpha value is -1.73. The first-order valence-corrected chi connectivity index (χ1v) is 11.0. The third kappa shape index (κ3) is 6.41. The van der Waals surface area contributed by atoms with E-state index in [4.69, 9.17) is 0 Å². The van der Waals surface area contributed by atoms with Gasteiger partial charge >= 0.3 is 0 Å². The number of hydrogen-bond donors (Lipinski definition) is 2. The number of aromatic nitrogens is 2. The van der Waals surface area contributed by atoms with Crippen molar-refractivity contribution in [3.63, 3.8) is 0 Å². The lowest BCUT2D eigenvalue weighted by Crippen LogP contribution is -2.24. The fraction of sp³-hybridized carbons (Fsp3) is 0.278. The molecule has 6 heteroatoms. The van der Waals surface area contributed by atoms with E-state index in [2.05, 4.69) is 34.8 Å². The summed E-state index contributed by atoms with van der Waals surface area (Å²) >= 11 is 1.27. The first-order chi connectivity index (χ1) is 11.5. The fourth-order valence-electron chi connectivity index (χ4n) is 1.96. The van der Waals surface area contributed by atoms with Crippen LogP contribution in [-0.2, 0) is 4.57 Å². The normalized spacial score (nSPS) is 15.0. The molecule has 4 nitrogen and oxygen atoms in total. The number of hydrogen-bond acceptors (Lipinski definition) is 3. The first-order valence-electron chi connectivity index (χ1n) is 7.70. The summed E-state index contributed by atoms with van der Waals surface area (Å²) in [7, 11) is -3.05. The maximum absolute atomic E-state index is 11.4. The predicted molar refractivity (Wildman–Crippen MR) is 101 cm³/mol. The zero-order chi connectivity index (χ0) is 17.4. The second kappa shape index (κ2) is 8.94. The Morgan fingerprint density at radius 1 is 1.33 bits per heavy atom. The van der Waals surface area contributed by atoms with Gasteiger partial charge in [-0.1, -0.05) is 54.8 Å². The molecule has 0 saturated heterocycles. The maximum Gasteiger partial charge on any atom is 0.207 e. The quantitative estimate of drug-likeness (QED) is 0.489. The number of thioether (sulfide) groups is 1. The molecule has 1 aromatic carbocycles. The number of nitrogens with one attached hydrogen (secondary N) is 1. The van der Waals surface area contributed by atoms with E-state index in [1.165, 1.54) is 18.4 Å². The number of aromatic amines is 1. The van der Waals surface area contributed by atoms with E-state index in [9.17, 15) is 9.46 Å². The van der Waals surface area contributed by atoms with E-state index in [0.717, 1.165) is 22.7 Å². The summed E-state index contributed by atoms with van der Waals surface area (Å²) < 4.78 is 11.4. The van der Waals surface area contributed by atoms with Crippen LogP contribution in [0.1, 0.15) is 25.3 Å². The average molecular weight is 360 g/mol. The molecule has 0 aliphatic rings. The van der Waals surface area contributed by atoms with Gasteiger partial charge in [0.1, 0.15) is 0 Å². The van der Waals surface area contributed by atoms with E-state index in [1.54, 1.807) is 0 Å². The van der Waals surface area contributed by atoms with Crippen LogP contribution < -0.4 is 10.7 Å². The molecule has 0 aliphatic carbocycles. The maximum atomic E-state index is 11.4. The van der Waals surface area contributed by atoms with Crippen LogP contribution in [0.25, 0.3) is 12.2 Å². The zero-order valence-electron chi connectivity index (χ0n) is 13.8. The Morgan fingerprint density at radius 2 is 2.08 bits per heavy atom. The van der Waals surface area contributed by atoms with Crippen molar-refractivity contribution in [2.45, 2.75) is 24.9 Å². The lowest BCUT2D eigenvalue weighted by atomic mass is 10.2. The van der Waals surface area contributed by atoms with Crippen LogP contribution in [0, 0.1) is 11.8 Å². The Balaban J connectivity index is 2.16. The van der Waals surface area contributed by atoms with E-state index >= 15 is 0 Å². The van der Waals surface area contributed by atoms with Crippen molar-refractivity contribution in [1.29, 1.82) is 0 Å². The second-order valence-corrected chi connectivity index (χ2v) is 9.16. The van der Waals surface area contributed by atoms with Crippen LogP contribution in [0.15, 0.2) is 35.5 Å². The van der Waals surface area contributed by atoms with Crippen molar-refractivity contribution in [3.8, 4) is 11.8 Å². The molecular formula is C18H21N2O2PS. The van der Waals surface area contributed by atoms with E-state index in [1.807, 2.05) is 36.4 Å². The van der Waals surface area contributed by atoms with E-state index in [-0.39, 0.29) is 5.49 Å². The van der Waals surface area contributed by atoms with Crippen LogP contribution in [0.2, 0.25) is 0 Å². The van der Waals surface area contributed by atoms with Gasteiger partial charge in [0.2, 0.25) is 7.37 Å². The van der Waals surface area contributed by atoms with Crippen LogP contribution in [0.5, 0.6) is 0 Å². The molecule has 2 rings (SSSR count). The van der Waals surface area contributed by atoms with Gasteiger partial charge < -0.3 is 9.88 Å².